The Hall–Kier alpha value is -2.58. The van der Waals surface area contributed by atoms with Crippen LogP contribution in [0.4, 0.5) is 18.0 Å². The molecule has 3 rings (SSSR count). The molecule has 0 spiro atoms. The lowest BCUT2D eigenvalue weighted by Gasteiger charge is -2.45. The molecule has 0 bridgehead atoms. The second-order valence-electron chi connectivity index (χ2n) is 7.68. The number of halogens is 3. The number of imide groups is 1. The van der Waals surface area contributed by atoms with Crippen LogP contribution >= 0.6 is 0 Å². The molecule has 6 nitrogen and oxygen atoms in total. The summed E-state index contributed by atoms with van der Waals surface area (Å²) in [5, 5.41) is 11.9. The monoisotopic (exact) mass is 411 g/mol. The molecule has 9 heteroatoms. The molecule has 0 unspecified atom stereocenters. The van der Waals surface area contributed by atoms with Crippen molar-refractivity contribution in [3.8, 4) is 0 Å². The van der Waals surface area contributed by atoms with Crippen LogP contribution in [0.3, 0.4) is 0 Å². The van der Waals surface area contributed by atoms with E-state index in [9.17, 15) is 27.9 Å². The van der Waals surface area contributed by atoms with E-state index in [0.717, 1.165) is 12.0 Å². The number of amides is 3. The number of nitrogens with one attached hydrogen (secondary N) is 1. The van der Waals surface area contributed by atoms with E-state index in [1.165, 1.54) is 0 Å². The first-order chi connectivity index (χ1) is 13.7. The minimum atomic E-state index is -4.62. The summed E-state index contributed by atoms with van der Waals surface area (Å²) in [6.45, 7) is 3.40. The van der Waals surface area contributed by atoms with E-state index in [1.807, 2.05) is 5.32 Å². The molecular formula is C20H24F3N3O3. The number of likely N-dealkylation sites (tertiary alicyclic amines) is 1. The van der Waals surface area contributed by atoms with Crippen molar-refractivity contribution in [1.82, 2.24) is 15.2 Å². The standard InChI is InChI=1S/C20H24F3N3O3/c1-12(27)16-15(11-13-7-9-24-10-8-13)18(28)26(16)19(29)25-17(20(21,22)23)14-5-3-2-4-6-14/h7-10,14-17,27H,1-6,11H2,(H,25,29)/t15-,16-,17+/m1/s1. The van der Waals surface area contributed by atoms with Gasteiger partial charge >= 0.3 is 12.2 Å². The van der Waals surface area contributed by atoms with Gasteiger partial charge < -0.3 is 10.4 Å². The number of nitrogens with zero attached hydrogens (tertiary/aromatic N) is 2. The summed E-state index contributed by atoms with van der Waals surface area (Å²) in [6.07, 6.45) is 1.68. The third kappa shape index (κ3) is 4.54. The van der Waals surface area contributed by atoms with Crippen LogP contribution in [0.1, 0.15) is 37.7 Å². The molecule has 29 heavy (non-hydrogen) atoms. The van der Waals surface area contributed by atoms with E-state index >= 15 is 0 Å². The number of alkyl halides is 3. The van der Waals surface area contributed by atoms with Crippen molar-refractivity contribution >= 4 is 11.9 Å². The Labute approximate surface area is 166 Å². The first-order valence-electron chi connectivity index (χ1n) is 9.67. The fraction of sp³-hybridized carbons (Fsp3) is 0.550. The number of aliphatic hydroxyl groups is 1. The maximum atomic E-state index is 13.6. The molecule has 1 saturated heterocycles. The van der Waals surface area contributed by atoms with Crippen molar-refractivity contribution in [2.75, 3.05) is 0 Å². The molecule has 1 aromatic rings. The number of hydrogen-bond acceptors (Lipinski definition) is 4. The molecule has 0 aromatic carbocycles. The SMILES string of the molecule is C=C(O)[C@@H]1[C@@H](Cc2ccncc2)C(=O)N1C(=O)N[C@@H](C1CCCCC1)C(F)(F)F. The van der Waals surface area contributed by atoms with Crippen LogP contribution in [0.5, 0.6) is 0 Å². The van der Waals surface area contributed by atoms with E-state index in [1.54, 1.807) is 24.5 Å². The van der Waals surface area contributed by atoms with E-state index in [-0.39, 0.29) is 6.42 Å². The van der Waals surface area contributed by atoms with Gasteiger partial charge in [-0.05, 0) is 42.9 Å². The summed E-state index contributed by atoms with van der Waals surface area (Å²) in [5.74, 6) is -2.55. The Bertz CT molecular complexity index is 763. The van der Waals surface area contributed by atoms with Gasteiger partial charge in [-0.2, -0.15) is 13.2 Å². The molecule has 2 fully saturated rings. The van der Waals surface area contributed by atoms with Crippen molar-refractivity contribution in [3.63, 3.8) is 0 Å². The number of β-lactam (4-membered cyclic amide) rings is 1. The summed E-state index contributed by atoms with van der Waals surface area (Å²) in [7, 11) is 0. The Morgan fingerprint density at radius 2 is 1.90 bits per heavy atom. The van der Waals surface area contributed by atoms with E-state index in [0.29, 0.717) is 30.6 Å². The number of aliphatic hydroxyl groups excluding tert-OH is 1. The lowest BCUT2D eigenvalue weighted by molar-refractivity contribution is -0.170. The highest BCUT2D eigenvalue weighted by atomic mass is 19.4. The molecule has 2 N–H and O–H groups in total. The van der Waals surface area contributed by atoms with Gasteiger partial charge in [-0.25, -0.2) is 4.79 Å². The third-order valence-electron chi connectivity index (χ3n) is 5.73. The number of aromatic nitrogens is 1. The van der Waals surface area contributed by atoms with Gasteiger partial charge in [0.25, 0.3) is 0 Å². The zero-order valence-electron chi connectivity index (χ0n) is 15.9. The summed E-state index contributed by atoms with van der Waals surface area (Å²) in [5.41, 5.74) is 0.764. The Morgan fingerprint density at radius 3 is 2.45 bits per heavy atom. The van der Waals surface area contributed by atoms with Crippen LogP contribution in [0.15, 0.2) is 36.9 Å². The van der Waals surface area contributed by atoms with Crippen molar-refractivity contribution in [3.05, 3.63) is 42.4 Å². The number of urea groups is 1. The van der Waals surface area contributed by atoms with E-state index < -0.39 is 47.8 Å². The van der Waals surface area contributed by atoms with Crippen LogP contribution in [0.2, 0.25) is 0 Å². The fourth-order valence-electron chi connectivity index (χ4n) is 4.27. The summed E-state index contributed by atoms with van der Waals surface area (Å²) in [6, 6.07) is -0.841. The van der Waals surface area contributed by atoms with Crippen LogP contribution < -0.4 is 5.32 Å². The Morgan fingerprint density at radius 1 is 1.28 bits per heavy atom. The topological polar surface area (TPSA) is 82.5 Å². The molecule has 2 heterocycles. The molecule has 1 aliphatic heterocycles. The molecule has 158 valence electrons. The van der Waals surface area contributed by atoms with Gasteiger partial charge in [0.05, 0.1) is 5.92 Å². The second kappa shape index (κ2) is 8.42. The normalized spacial score (nSPS) is 24.0. The van der Waals surface area contributed by atoms with Crippen molar-refractivity contribution < 1.29 is 27.9 Å². The van der Waals surface area contributed by atoms with Crippen LogP contribution in [0, 0.1) is 11.8 Å². The quantitative estimate of drug-likeness (QED) is 0.571. The zero-order chi connectivity index (χ0) is 21.2. The van der Waals surface area contributed by atoms with Gasteiger partial charge in [0.15, 0.2) is 0 Å². The predicted molar refractivity (Wildman–Crippen MR) is 98.8 cm³/mol. The highest BCUT2D eigenvalue weighted by molar-refractivity contribution is 6.02. The zero-order valence-corrected chi connectivity index (χ0v) is 15.9. The smallest absolute Gasteiger partial charge is 0.408 e. The number of carbonyl (C=O) groups excluding carboxylic acids is 2. The lowest BCUT2D eigenvalue weighted by atomic mass is 9.81. The first kappa shape index (κ1) is 21.1. The molecule has 3 amide bonds. The van der Waals surface area contributed by atoms with E-state index in [4.69, 9.17) is 0 Å². The van der Waals surface area contributed by atoms with Gasteiger partial charge in [0.2, 0.25) is 5.91 Å². The largest absolute Gasteiger partial charge is 0.511 e. The first-order valence-corrected chi connectivity index (χ1v) is 9.67. The average Bonchev–Trinajstić information content (AvgIpc) is 2.68. The molecule has 1 saturated carbocycles. The van der Waals surface area contributed by atoms with Crippen molar-refractivity contribution in [2.45, 2.75) is 56.8 Å². The third-order valence-corrected chi connectivity index (χ3v) is 5.73. The maximum absolute atomic E-state index is 13.6. The van der Waals surface area contributed by atoms with Crippen LogP contribution in [0.25, 0.3) is 0 Å². The second-order valence-corrected chi connectivity index (χ2v) is 7.68. The van der Waals surface area contributed by atoms with Gasteiger partial charge in [-0.15, -0.1) is 0 Å². The average molecular weight is 411 g/mol. The predicted octanol–water partition coefficient (Wildman–Crippen LogP) is 3.74. The maximum Gasteiger partial charge on any atom is 0.408 e. The van der Waals surface area contributed by atoms with Crippen molar-refractivity contribution in [1.29, 1.82) is 0 Å². The van der Waals surface area contributed by atoms with Crippen molar-refractivity contribution in [2.24, 2.45) is 11.8 Å². The number of carbonyl (C=O) groups is 2. The summed E-state index contributed by atoms with van der Waals surface area (Å²) >= 11 is 0. The van der Waals surface area contributed by atoms with E-state index in [2.05, 4.69) is 11.6 Å². The Kier molecular flexibility index (Phi) is 6.14. The molecule has 0 radical (unpaired) electrons. The molecule has 2 aliphatic rings. The minimum Gasteiger partial charge on any atom is -0.511 e. The number of rotatable bonds is 5. The highest BCUT2D eigenvalue weighted by Crippen LogP contribution is 2.37. The fourth-order valence-corrected chi connectivity index (χ4v) is 4.27. The number of hydrogen-bond donors (Lipinski definition) is 2. The highest BCUT2D eigenvalue weighted by Gasteiger charge is 2.54. The van der Waals surface area contributed by atoms with Gasteiger partial charge in [-0.3, -0.25) is 14.7 Å². The number of pyridine rings is 1. The molecule has 1 aliphatic carbocycles. The minimum absolute atomic E-state index is 0.223. The van der Waals surface area contributed by atoms with Gasteiger partial charge in [0.1, 0.15) is 17.8 Å². The lowest BCUT2D eigenvalue weighted by Crippen LogP contribution is -2.68. The molecule has 3 atom stereocenters. The van der Waals surface area contributed by atoms with Crippen LogP contribution in [-0.4, -0.2) is 45.2 Å². The van der Waals surface area contributed by atoms with Gasteiger partial charge in [0, 0.05) is 12.4 Å². The van der Waals surface area contributed by atoms with Gasteiger partial charge in [-0.1, -0.05) is 25.8 Å². The summed E-state index contributed by atoms with van der Waals surface area (Å²) < 4.78 is 40.7. The molecule has 1 aromatic heterocycles. The van der Waals surface area contributed by atoms with Crippen LogP contribution in [-0.2, 0) is 11.2 Å². The Balaban J connectivity index is 1.73. The summed E-state index contributed by atoms with van der Waals surface area (Å²) in [4.78, 5) is 29.7. The molecular weight excluding hydrogens is 387 g/mol.